The van der Waals surface area contributed by atoms with Crippen molar-refractivity contribution in [2.75, 3.05) is 0 Å². The predicted octanol–water partition coefficient (Wildman–Crippen LogP) is 5.22. The fourth-order valence-corrected chi connectivity index (χ4v) is 4.25. The van der Waals surface area contributed by atoms with Crippen LogP contribution in [0.25, 0.3) is 16.9 Å². The summed E-state index contributed by atoms with van der Waals surface area (Å²) < 4.78 is 7.43. The summed E-state index contributed by atoms with van der Waals surface area (Å²) >= 11 is 0. The highest BCUT2D eigenvalue weighted by molar-refractivity contribution is 5.95. The van der Waals surface area contributed by atoms with Crippen molar-refractivity contribution in [3.63, 3.8) is 0 Å². The molecular weight excluding hydrogens is 452 g/mol. The van der Waals surface area contributed by atoms with Gasteiger partial charge in [0.15, 0.2) is 0 Å². The number of aromatic nitrogens is 2. The van der Waals surface area contributed by atoms with Gasteiger partial charge in [-0.3, -0.25) is 0 Å². The SMILES string of the molecule is CC1=C(C(=O)OCc2ccccc2)[C@H](c2cn(-c3ccccc3)nc2-c2ccc(C)cc2)NC(=O)N1. The largest absolute Gasteiger partial charge is 0.457 e. The van der Waals surface area contributed by atoms with Gasteiger partial charge in [-0.25, -0.2) is 14.3 Å². The van der Waals surface area contributed by atoms with Crippen LogP contribution in [-0.4, -0.2) is 21.8 Å². The first-order chi connectivity index (χ1) is 17.5. The van der Waals surface area contributed by atoms with Gasteiger partial charge in [0.2, 0.25) is 0 Å². The Hall–Kier alpha value is -4.65. The number of aryl methyl sites for hydroxylation is 1. The molecule has 4 aromatic rings. The fraction of sp³-hybridized carbons (Fsp3) is 0.138. The third kappa shape index (κ3) is 4.77. The van der Waals surface area contributed by atoms with E-state index in [0.717, 1.165) is 22.4 Å². The van der Waals surface area contributed by atoms with Gasteiger partial charge in [-0.1, -0.05) is 78.4 Å². The Labute approximate surface area is 209 Å². The average Bonchev–Trinajstić information content (AvgIpc) is 3.34. The van der Waals surface area contributed by atoms with Crippen LogP contribution in [0.1, 0.15) is 29.7 Å². The van der Waals surface area contributed by atoms with Gasteiger partial charge in [0.1, 0.15) is 6.61 Å². The predicted molar refractivity (Wildman–Crippen MR) is 137 cm³/mol. The smallest absolute Gasteiger partial charge is 0.338 e. The van der Waals surface area contributed by atoms with Gasteiger partial charge in [-0.15, -0.1) is 0 Å². The van der Waals surface area contributed by atoms with E-state index in [9.17, 15) is 9.59 Å². The molecular formula is C29H26N4O3. The van der Waals surface area contributed by atoms with Crippen molar-refractivity contribution >= 4 is 12.0 Å². The molecule has 0 aliphatic carbocycles. The summed E-state index contributed by atoms with van der Waals surface area (Å²) in [5, 5.41) is 10.5. The summed E-state index contributed by atoms with van der Waals surface area (Å²) in [4.78, 5) is 25.9. The summed E-state index contributed by atoms with van der Waals surface area (Å²) in [6.45, 7) is 3.86. The maximum Gasteiger partial charge on any atom is 0.338 e. The molecule has 2 amide bonds. The van der Waals surface area contributed by atoms with Crippen LogP contribution < -0.4 is 10.6 Å². The molecule has 0 bridgehead atoms. The minimum absolute atomic E-state index is 0.130. The van der Waals surface area contributed by atoms with Crippen LogP contribution in [0.4, 0.5) is 4.79 Å². The van der Waals surface area contributed by atoms with Gasteiger partial charge < -0.3 is 15.4 Å². The average molecular weight is 479 g/mol. The van der Waals surface area contributed by atoms with Crippen molar-refractivity contribution in [2.24, 2.45) is 0 Å². The number of nitrogens with zero attached hydrogens (tertiary/aromatic N) is 2. The number of allylic oxidation sites excluding steroid dienone is 1. The number of benzene rings is 3. The molecule has 3 aromatic carbocycles. The second kappa shape index (κ2) is 9.92. The number of carbonyl (C=O) groups excluding carboxylic acids is 2. The highest BCUT2D eigenvalue weighted by Crippen LogP contribution is 2.35. The van der Waals surface area contributed by atoms with Crippen LogP contribution in [0.2, 0.25) is 0 Å². The van der Waals surface area contributed by atoms with E-state index in [-0.39, 0.29) is 12.6 Å². The number of para-hydroxylation sites is 1. The van der Waals surface area contributed by atoms with E-state index >= 15 is 0 Å². The second-order valence-electron chi connectivity index (χ2n) is 8.71. The van der Waals surface area contributed by atoms with E-state index in [1.165, 1.54) is 0 Å². The summed E-state index contributed by atoms with van der Waals surface area (Å²) in [6.07, 6.45) is 1.86. The van der Waals surface area contributed by atoms with Crippen molar-refractivity contribution < 1.29 is 14.3 Å². The number of rotatable bonds is 6. The van der Waals surface area contributed by atoms with Crippen LogP contribution >= 0.6 is 0 Å². The lowest BCUT2D eigenvalue weighted by molar-refractivity contribution is -0.140. The standard InChI is InChI=1S/C29H26N4O3/c1-19-13-15-22(16-14-19)26-24(17-33(32-26)23-11-7-4-8-12-23)27-25(20(2)30-29(35)31-27)28(34)36-18-21-9-5-3-6-10-21/h3-17,27H,18H2,1-2H3,(H2,30,31,35)/t27-/m0/s1. The Morgan fingerprint density at radius 1 is 0.944 bits per heavy atom. The Balaban J connectivity index is 1.57. The molecule has 0 fully saturated rings. The Morgan fingerprint density at radius 2 is 1.61 bits per heavy atom. The molecule has 7 nitrogen and oxygen atoms in total. The lowest BCUT2D eigenvalue weighted by Gasteiger charge is -2.28. The third-order valence-corrected chi connectivity index (χ3v) is 6.10. The molecule has 7 heteroatoms. The number of urea groups is 1. The first-order valence-corrected chi connectivity index (χ1v) is 11.7. The van der Waals surface area contributed by atoms with Gasteiger partial charge in [0.25, 0.3) is 0 Å². The zero-order valence-corrected chi connectivity index (χ0v) is 20.1. The van der Waals surface area contributed by atoms with Gasteiger partial charge >= 0.3 is 12.0 Å². The van der Waals surface area contributed by atoms with E-state index in [2.05, 4.69) is 10.6 Å². The monoisotopic (exact) mass is 478 g/mol. The van der Waals surface area contributed by atoms with Gasteiger partial charge in [-0.2, -0.15) is 5.10 Å². The van der Waals surface area contributed by atoms with E-state index in [0.29, 0.717) is 22.5 Å². The normalized spacial score (nSPS) is 15.3. The molecule has 2 N–H and O–H groups in total. The highest BCUT2D eigenvalue weighted by Gasteiger charge is 2.35. The van der Waals surface area contributed by atoms with Crippen LogP contribution in [0.15, 0.2) is 102 Å². The number of hydrogen-bond acceptors (Lipinski definition) is 4. The Kier molecular flexibility index (Phi) is 6.36. The van der Waals surface area contributed by atoms with Crippen LogP contribution in [-0.2, 0) is 16.1 Å². The van der Waals surface area contributed by atoms with Crippen LogP contribution in [0.3, 0.4) is 0 Å². The second-order valence-corrected chi connectivity index (χ2v) is 8.71. The van der Waals surface area contributed by atoms with Crippen molar-refractivity contribution in [1.82, 2.24) is 20.4 Å². The number of amides is 2. The molecule has 0 saturated carbocycles. The van der Waals surface area contributed by atoms with Gasteiger partial charge in [-0.05, 0) is 31.5 Å². The van der Waals surface area contributed by atoms with Crippen molar-refractivity contribution in [2.45, 2.75) is 26.5 Å². The molecule has 0 spiro atoms. The number of ether oxygens (including phenoxy) is 1. The topological polar surface area (TPSA) is 85.2 Å². The first-order valence-electron chi connectivity index (χ1n) is 11.7. The summed E-state index contributed by atoms with van der Waals surface area (Å²) in [7, 11) is 0. The van der Waals surface area contributed by atoms with Gasteiger partial charge in [0.05, 0.1) is 23.0 Å². The molecule has 1 aromatic heterocycles. The van der Waals surface area contributed by atoms with E-state index in [1.807, 2.05) is 98.0 Å². The maximum atomic E-state index is 13.3. The van der Waals surface area contributed by atoms with E-state index in [1.54, 1.807) is 11.6 Å². The molecule has 0 unspecified atom stereocenters. The zero-order chi connectivity index (χ0) is 25.1. The van der Waals surface area contributed by atoms with Crippen molar-refractivity contribution in [3.05, 3.63) is 119 Å². The van der Waals surface area contributed by atoms with Crippen molar-refractivity contribution in [1.29, 1.82) is 0 Å². The molecule has 2 heterocycles. The summed E-state index contributed by atoms with van der Waals surface area (Å²) in [6, 6.07) is 26.1. The van der Waals surface area contributed by atoms with Crippen LogP contribution in [0.5, 0.6) is 0 Å². The number of nitrogens with one attached hydrogen (secondary N) is 2. The molecule has 36 heavy (non-hydrogen) atoms. The van der Waals surface area contributed by atoms with Gasteiger partial charge in [0, 0.05) is 23.0 Å². The Bertz CT molecular complexity index is 1420. The lowest BCUT2D eigenvalue weighted by Crippen LogP contribution is -2.45. The highest BCUT2D eigenvalue weighted by atomic mass is 16.5. The fourth-order valence-electron chi connectivity index (χ4n) is 4.25. The molecule has 1 aliphatic rings. The first kappa shape index (κ1) is 23.1. The number of hydrogen-bond donors (Lipinski definition) is 2. The van der Waals surface area contributed by atoms with Crippen molar-refractivity contribution in [3.8, 4) is 16.9 Å². The molecule has 0 saturated heterocycles. The van der Waals surface area contributed by atoms with Crippen LogP contribution in [0, 0.1) is 6.92 Å². The summed E-state index contributed by atoms with van der Waals surface area (Å²) in [5.74, 6) is -0.504. The zero-order valence-electron chi connectivity index (χ0n) is 20.1. The van der Waals surface area contributed by atoms with E-state index < -0.39 is 12.0 Å². The molecule has 1 atom stereocenters. The maximum absolute atomic E-state index is 13.3. The summed E-state index contributed by atoms with van der Waals surface area (Å²) in [5.41, 5.74) is 5.91. The minimum Gasteiger partial charge on any atom is -0.457 e. The molecule has 180 valence electrons. The number of carbonyl (C=O) groups is 2. The molecule has 1 aliphatic heterocycles. The quantitative estimate of drug-likeness (QED) is 0.372. The Morgan fingerprint density at radius 3 is 2.31 bits per heavy atom. The lowest BCUT2D eigenvalue weighted by atomic mass is 9.93. The third-order valence-electron chi connectivity index (χ3n) is 6.10. The molecule has 0 radical (unpaired) electrons. The molecule has 5 rings (SSSR count). The number of esters is 1. The minimum atomic E-state index is -0.740. The van der Waals surface area contributed by atoms with E-state index in [4.69, 9.17) is 9.84 Å².